The van der Waals surface area contributed by atoms with Gasteiger partial charge in [0.25, 0.3) is 5.56 Å². The lowest BCUT2D eigenvalue weighted by molar-refractivity contribution is -0.131. The van der Waals surface area contributed by atoms with Gasteiger partial charge in [-0.2, -0.15) is 0 Å². The fourth-order valence-corrected chi connectivity index (χ4v) is 4.69. The van der Waals surface area contributed by atoms with Gasteiger partial charge in [0.05, 0.1) is 5.25 Å². The first kappa shape index (κ1) is 21.1. The van der Waals surface area contributed by atoms with E-state index in [-0.39, 0.29) is 16.7 Å². The van der Waals surface area contributed by atoms with Gasteiger partial charge in [0, 0.05) is 42.3 Å². The van der Waals surface area contributed by atoms with Crippen LogP contribution in [-0.2, 0) is 18.3 Å². The summed E-state index contributed by atoms with van der Waals surface area (Å²) in [7, 11) is 1.74. The Balaban J connectivity index is 1.78. The van der Waals surface area contributed by atoms with Gasteiger partial charge in [0.1, 0.15) is 0 Å². The van der Waals surface area contributed by atoms with Gasteiger partial charge in [-0.15, -0.1) is 0 Å². The first-order chi connectivity index (χ1) is 13.4. The van der Waals surface area contributed by atoms with Crippen LogP contribution in [0.25, 0.3) is 0 Å². The van der Waals surface area contributed by atoms with E-state index >= 15 is 0 Å². The summed E-state index contributed by atoms with van der Waals surface area (Å²) in [6.45, 7) is 5.44. The van der Waals surface area contributed by atoms with Crippen LogP contribution in [0.5, 0.6) is 0 Å². The molecule has 0 radical (unpaired) electrons. The van der Waals surface area contributed by atoms with Crippen molar-refractivity contribution in [2.75, 3.05) is 13.1 Å². The van der Waals surface area contributed by atoms with E-state index in [4.69, 9.17) is 0 Å². The highest BCUT2D eigenvalue weighted by atomic mass is 79.9. The number of carbonyl (C=O) groups is 1. The zero-order chi connectivity index (χ0) is 20.3. The van der Waals surface area contributed by atoms with Gasteiger partial charge < -0.3 is 4.90 Å². The molecule has 1 unspecified atom stereocenters. The maximum Gasteiger partial charge on any atom is 0.257 e. The Morgan fingerprint density at radius 3 is 2.50 bits per heavy atom. The molecule has 1 fully saturated rings. The molecule has 150 valence electrons. The fraction of sp³-hybridized carbons (Fsp3) is 0.476. The minimum absolute atomic E-state index is 0.0458. The molecule has 1 aliphatic heterocycles. The van der Waals surface area contributed by atoms with E-state index in [9.17, 15) is 9.59 Å². The summed E-state index contributed by atoms with van der Waals surface area (Å²) >= 11 is 4.80. The molecular weight excluding hydrogens is 438 g/mol. The SMILES string of the molecule is Cc1nc(SC(C)C(=O)N2CCCCC2)n(C)c(=O)c1Cc1ccc(Br)cc1. The maximum atomic E-state index is 12.9. The minimum atomic E-state index is -0.257. The standard InChI is InChI=1S/C21H26BrN3O2S/c1-14-18(13-16-7-9-17(22)10-8-16)20(27)24(3)21(23-14)28-15(2)19(26)25-11-5-4-6-12-25/h7-10,15H,4-6,11-13H2,1-3H3. The molecule has 5 nitrogen and oxygen atoms in total. The smallest absolute Gasteiger partial charge is 0.257 e. The summed E-state index contributed by atoms with van der Waals surface area (Å²) in [6.07, 6.45) is 3.89. The number of piperidine rings is 1. The predicted octanol–water partition coefficient (Wildman–Crippen LogP) is 3.94. The fourth-order valence-electron chi connectivity index (χ4n) is 3.43. The topological polar surface area (TPSA) is 55.2 Å². The summed E-state index contributed by atoms with van der Waals surface area (Å²) < 4.78 is 2.59. The van der Waals surface area contributed by atoms with Gasteiger partial charge >= 0.3 is 0 Å². The van der Waals surface area contributed by atoms with Gasteiger partial charge in [-0.05, 0) is 50.8 Å². The number of thioether (sulfide) groups is 1. The van der Waals surface area contributed by atoms with E-state index in [0.29, 0.717) is 17.1 Å². The van der Waals surface area contributed by atoms with Crippen LogP contribution < -0.4 is 5.56 Å². The van der Waals surface area contributed by atoms with E-state index in [1.165, 1.54) is 18.2 Å². The molecule has 2 aromatic rings. The van der Waals surface area contributed by atoms with Crippen molar-refractivity contribution in [1.82, 2.24) is 14.5 Å². The van der Waals surface area contributed by atoms with Gasteiger partial charge in [-0.1, -0.05) is 39.8 Å². The maximum absolute atomic E-state index is 12.9. The molecule has 0 aliphatic carbocycles. The Hall–Kier alpha value is -1.60. The number of rotatable bonds is 5. The van der Waals surface area contributed by atoms with Gasteiger partial charge in [0.15, 0.2) is 5.16 Å². The van der Waals surface area contributed by atoms with Crippen molar-refractivity contribution < 1.29 is 4.79 Å². The van der Waals surface area contributed by atoms with Gasteiger partial charge in [-0.3, -0.25) is 14.2 Å². The van der Waals surface area contributed by atoms with Crippen LogP contribution in [0.1, 0.15) is 43.0 Å². The second kappa shape index (κ2) is 9.27. The van der Waals surface area contributed by atoms with E-state index in [1.54, 1.807) is 11.6 Å². The van der Waals surface area contributed by atoms with Crippen molar-refractivity contribution in [3.05, 3.63) is 55.9 Å². The van der Waals surface area contributed by atoms with Crippen molar-refractivity contribution in [1.29, 1.82) is 0 Å². The third kappa shape index (κ3) is 4.87. The minimum Gasteiger partial charge on any atom is -0.342 e. The number of hydrogen-bond donors (Lipinski definition) is 0. The summed E-state index contributed by atoms with van der Waals surface area (Å²) in [5, 5.41) is 0.341. The summed E-state index contributed by atoms with van der Waals surface area (Å²) in [6, 6.07) is 7.96. The average molecular weight is 464 g/mol. The van der Waals surface area contributed by atoms with Crippen molar-refractivity contribution in [2.24, 2.45) is 7.05 Å². The largest absolute Gasteiger partial charge is 0.342 e. The van der Waals surface area contributed by atoms with Crippen molar-refractivity contribution in [3.8, 4) is 0 Å². The normalized spacial score (nSPS) is 15.5. The van der Waals surface area contributed by atoms with Crippen LogP contribution >= 0.6 is 27.7 Å². The Morgan fingerprint density at radius 1 is 1.21 bits per heavy atom. The number of likely N-dealkylation sites (tertiary alicyclic amines) is 1. The Bertz CT molecular complexity index is 905. The molecule has 1 aliphatic rings. The molecule has 3 rings (SSSR count). The molecule has 7 heteroatoms. The molecular formula is C21H26BrN3O2S. The number of nitrogens with zero attached hydrogens (tertiary/aromatic N) is 3. The summed E-state index contributed by atoms with van der Waals surface area (Å²) in [5.74, 6) is 0.135. The summed E-state index contributed by atoms with van der Waals surface area (Å²) in [4.78, 5) is 32.2. The highest BCUT2D eigenvalue weighted by molar-refractivity contribution is 9.10. The lowest BCUT2D eigenvalue weighted by Gasteiger charge is -2.29. The zero-order valence-corrected chi connectivity index (χ0v) is 19.0. The van der Waals surface area contributed by atoms with E-state index in [1.807, 2.05) is 43.0 Å². The number of amides is 1. The van der Waals surface area contributed by atoms with E-state index in [0.717, 1.165) is 41.7 Å². The molecule has 0 saturated carbocycles. The second-order valence-electron chi connectivity index (χ2n) is 7.27. The summed E-state index contributed by atoms with van der Waals surface area (Å²) in [5.41, 5.74) is 2.45. The first-order valence-electron chi connectivity index (χ1n) is 9.63. The first-order valence-corrected chi connectivity index (χ1v) is 11.3. The third-order valence-electron chi connectivity index (χ3n) is 5.14. The number of aromatic nitrogens is 2. The van der Waals surface area contributed by atoms with E-state index < -0.39 is 0 Å². The number of carbonyl (C=O) groups excluding carboxylic acids is 1. The molecule has 1 aromatic carbocycles. The quantitative estimate of drug-likeness (QED) is 0.497. The van der Waals surface area contributed by atoms with Crippen molar-refractivity contribution >= 4 is 33.6 Å². The number of benzene rings is 1. The second-order valence-corrected chi connectivity index (χ2v) is 9.50. The Morgan fingerprint density at radius 2 is 1.86 bits per heavy atom. The number of halogens is 1. The molecule has 1 aromatic heterocycles. The van der Waals surface area contributed by atoms with Crippen LogP contribution in [0.15, 0.2) is 38.7 Å². The molecule has 28 heavy (non-hydrogen) atoms. The monoisotopic (exact) mass is 463 g/mol. The number of hydrogen-bond acceptors (Lipinski definition) is 4. The van der Waals surface area contributed by atoms with Crippen molar-refractivity contribution in [3.63, 3.8) is 0 Å². The van der Waals surface area contributed by atoms with Crippen LogP contribution in [0, 0.1) is 6.92 Å². The van der Waals surface area contributed by atoms with E-state index in [2.05, 4.69) is 20.9 Å². The molecule has 0 bridgehead atoms. The Labute approximate surface area is 178 Å². The van der Waals surface area contributed by atoms with Gasteiger partial charge in [0.2, 0.25) is 5.91 Å². The lowest BCUT2D eigenvalue weighted by atomic mass is 10.1. The van der Waals surface area contributed by atoms with Crippen LogP contribution in [-0.4, -0.2) is 38.7 Å². The van der Waals surface area contributed by atoms with Crippen LogP contribution in [0.2, 0.25) is 0 Å². The van der Waals surface area contributed by atoms with Crippen LogP contribution in [0.3, 0.4) is 0 Å². The lowest BCUT2D eigenvalue weighted by Crippen LogP contribution is -2.40. The molecule has 1 atom stereocenters. The average Bonchev–Trinajstić information content (AvgIpc) is 2.70. The molecule has 0 spiro atoms. The van der Waals surface area contributed by atoms with Crippen LogP contribution in [0.4, 0.5) is 0 Å². The molecule has 2 heterocycles. The predicted molar refractivity (Wildman–Crippen MR) is 117 cm³/mol. The third-order valence-corrected chi connectivity index (χ3v) is 6.80. The zero-order valence-electron chi connectivity index (χ0n) is 16.6. The van der Waals surface area contributed by atoms with Crippen molar-refractivity contribution in [2.45, 2.75) is 49.9 Å². The van der Waals surface area contributed by atoms with Gasteiger partial charge in [-0.25, -0.2) is 4.98 Å². The number of aryl methyl sites for hydroxylation is 1. The molecule has 1 saturated heterocycles. The highest BCUT2D eigenvalue weighted by Crippen LogP contribution is 2.24. The molecule has 1 amide bonds. The highest BCUT2D eigenvalue weighted by Gasteiger charge is 2.25. The molecule has 0 N–H and O–H groups in total. The Kier molecular flexibility index (Phi) is 6.99.